The third-order valence-electron chi connectivity index (χ3n) is 7.64. The lowest BCUT2D eigenvalue weighted by Crippen LogP contribution is -2.58. The van der Waals surface area contributed by atoms with E-state index in [1.54, 1.807) is 12.5 Å². The highest BCUT2D eigenvalue weighted by molar-refractivity contribution is 5.79. The number of fused-ring (bicyclic) bond motifs is 4. The van der Waals surface area contributed by atoms with Crippen molar-refractivity contribution < 1.29 is 37.7 Å². The van der Waals surface area contributed by atoms with Crippen molar-refractivity contribution in [2.45, 2.75) is 64.8 Å². The summed E-state index contributed by atoms with van der Waals surface area (Å²) in [4.78, 5) is 37.0. The minimum atomic E-state index is -0.746. The van der Waals surface area contributed by atoms with E-state index in [1.165, 1.54) is 14.0 Å². The molecular formula is C23H30O8. The van der Waals surface area contributed by atoms with Crippen LogP contribution in [-0.4, -0.2) is 43.8 Å². The Morgan fingerprint density at radius 3 is 2.65 bits per heavy atom. The summed E-state index contributed by atoms with van der Waals surface area (Å²) in [5.41, 5.74) is -0.147. The Hall–Kier alpha value is -2.35. The van der Waals surface area contributed by atoms with Crippen molar-refractivity contribution in [2.24, 2.45) is 22.7 Å². The number of furan rings is 1. The van der Waals surface area contributed by atoms with Gasteiger partial charge in [0.25, 0.3) is 0 Å². The second kappa shape index (κ2) is 7.97. The lowest BCUT2D eigenvalue weighted by atomic mass is 9.48. The topological polar surface area (TPSA) is 101 Å². The second-order valence-electron chi connectivity index (χ2n) is 9.49. The summed E-state index contributed by atoms with van der Waals surface area (Å²) >= 11 is 0. The average molecular weight is 434 g/mol. The molecule has 4 rings (SSSR count). The van der Waals surface area contributed by atoms with Gasteiger partial charge in [-0.2, -0.15) is 0 Å². The van der Waals surface area contributed by atoms with E-state index >= 15 is 0 Å². The number of ether oxygens (including phenoxy) is 4. The van der Waals surface area contributed by atoms with Crippen LogP contribution >= 0.6 is 0 Å². The van der Waals surface area contributed by atoms with Gasteiger partial charge in [0, 0.05) is 17.9 Å². The van der Waals surface area contributed by atoms with Gasteiger partial charge in [-0.25, -0.2) is 4.79 Å². The summed E-state index contributed by atoms with van der Waals surface area (Å²) < 4.78 is 27.4. The van der Waals surface area contributed by atoms with Gasteiger partial charge < -0.3 is 23.4 Å². The van der Waals surface area contributed by atoms with Crippen LogP contribution in [0.5, 0.6) is 0 Å². The minimum absolute atomic E-state index is 0.0364. The first-order chi connectivity index (χ1) is 14.7. The number of esters is 3. The molecule has 0 unspecified atom stereocenters. The molecule has 0 N–H and O–H groups in total. The van der Waals surface area contributed by atoms with Gasteiger partial charge in [0.2, 0.25) is 0 Å². The fourth-order valence-electron chi connectivity index (χ4n) is 6.42. The van der Waals surface area contributed by atoms with E-state index in [1.807, 2.05) is 6.07 Å². The molecule has 2 saturated heterocycles. The molecule has 3 heterocycles. The predicted molar refractivity (Wildman–Crippen MR) is 107 cm³/mol. The van der Waals surface area contributed by atoms with Crippen LogP contribution in [0, 0.1) is 22.7 Å². The average Bonchev–Trinajstić information content (AvgIpc) is 3.33. The van der Waals surface area contributed by atoms with Crippen LogP contribution in [0.15, 0.2) is 23.0 Å². The monoisotopic (exact) mass is 434 g/mol. The highest BCUT2D eigenvalue weighted by atomic mass is 16.6. The van der Waals surface area contributed by atoms with Crippen LogP contribution in [0.1, 0.15) is 58.1 Å². The molecule has 0 spiro atoms. The molecule has 8 nitrogen and oxygen atoms in total. The number of hydrogen-bond donors (Lipinski definition) is 0. The standard InChI is InChI=1S/C23H30O8/c1-13(24)29-8-5-6-17-22(2)10-15(14-7-9-28-12-14)31-20(25)18(22)16-11-23(17,3)19(30-16)21(26)27-4/h7,9,12,15-19H,5-6,8,10-11H2,1-4H3/t15-,16-,17-,18-,19+,22-,23+/m0/s1. The van der Waals surface area contributed by atoms with Gasteiger partial charge in [-0.1, -0.05) is 13.8 Å². The van der Waals surface area contributed by atoms with Crippen LogP contribution < -0.4 is 0 Å². The van der Waals surface area contributed by atoms with E-state index in [9.17, 15) is 14.4 Å². The maximum absolute atomic E-state index is 13.2. The van der Waals surface area contributed by atoms with E-state index in [-0.39, 0.29) is 17.9 Å². The van der Waals surface area contributed by atoms with Crippen molar-refractivity contribution in [3.63, 3.8) is 0 Å². The van der Waals surface area contributed by atoms with Crippen molar-refractivity contribution >= 4 is 17.9 Å². The molecule has 0 amide bonds. The summed E-state index contributed by atoms with van der Waals surface area (Å²) in [7, 11) is 1.35. The summed E-state index contributed by atoms with van der Waals surface area (Å²) in [5, 5.41) is 0. The number of hydrogen-bond acceptors (Lipinski definition) is 8. The van der Waals surface area contributed by atoms with Crippen LogP contribution in [0.25, 0.3) is 0 Å². The molecule has 2 bridgehead atoms. The first-order valence-corrected chi connectivity index (χ1v) is 10.8. The highest BCUT2D eigenvalue weighted by Crippen LogP contribution is 2.66. The fraction of sp³-hybridized carbons (Fsp3) is 0.696. The summed E-state index contributed by atoms with van der Waals surface area (Å²) in [5.74, 6) is -1.56. The molecule has 170 valence electrons. The molecule has 2 aliphatic heterocycles. The van der Waals surface area contributed by atoms with E-state index in [0.29, 0.717) is 32.3 Å². The van der Waals surface area contributed by atoms with Crippen LogP contribution in [0.3, 0.4) is 0 Å². The third-order valence-corrected chi connectivity index (χ3v) is 7.64. The highest BCUT2D eigenvalue weighted by Gasteiger charge is 2.69. The Bertz CT molecular complexity index is 848. The lowest BCUT2D eigenvalue weighted by molar-refractivity contribution is -0.194. The Morgan fingerprint density at radius 1 is 1.23 bits per heavy atom. The van der Waals surface area contributed by atoms with E-state index < -0.39 is 41.0 Å². The zero-order valence-corrected chi connectivity index (χ0v) is 18.4. The molecule has 3 aliphatic rings. The van der Waals surface area contributed by atoms with Gasteiger partial charge in [0.15, 0.2) is 6.10 Å². The Labute approximate surface area is 181 Å². The van der Waals surface area contributed by atoms with Crippen LogP contribution in [-0.2, 0) is 33.3 Å². The molecule has 1 aliphatic carbocycles. The molecule has 0 aromatic carbocycles. The number of cyclic esters (lactones) is 1. The second-order valence-corrected chi connectivity index (χ2v) is 9.49. The van der Waals surface area contributed by atoms with E-state index in [2.05, 4.69) is 13.8 Å². The van der Waals surface area contributed by atoms with Gasteiger partial charge in [-0.3, -0.25) is 9.59 Å². The largest absolute Gasteiger partial charge is 0.472 e. The first kappa shape index (κ1) is 21.9. The fourth-order valence-corrected chi connectivity index (χ4v) is 6.42. The Kier molecular flexibility index (Phi) is 5.62. The van der Waals surface area contributed by atoms with Crippen LogP contribution in [0.2, 0.25) is 0 Å². The molecule has 31 heavy (non-hydrogen) atoms. The molecule has 0 radical (unpaired) electrons. The molecule has 3 fully saturated rings. The van der Waals surface area contributed by atoms with Crippen molar-refractivity contribution in [1.29, 1.82) is 0 Å². The number of methoxy groups -OCH3 is 1. The lowest BCUT2D eigenvalue weighted by Gasteiger charge is -2.56. The number of rotatable bonds is 6. The molecular weight excluding hydrogens is 404 g/mol. The SMILES string of the molecule is COC(=O)[C@H]1O[C@H]2C[C@]1(C)[C@@H](CCCOC(C)=O)[C@]1(C)C[C@@H](c3ccoc3)OC(=O)[C@H]21. The van der Waals surface area contributed by atoms with E-state index in [0.717, 1.165) is 5.56 Å². The van der Waals surface area contributed by atoms with Gasteiger partial charge in [-0.15, -0.1) is 0 Å². The van der Waals surface area contributed by atoms with Crippen molar-refractivity contribution in [3.05, 3.63) is 24.2 Å². The van der Waals surface area contributed by atoms with Crippen molar-refractivity contribution in [1.82, 2.24) is 0 Å². The normalized spacial score (nSPS) is 38.8. The third kappa shape index (κ3) is 3.54. The smallest absolute Gasteiger partial charge is 0.335 e. The summed E-state index contributed by atoms with van der Waals surface area (Å²) in [6, 6.07) is 1.81. The zero-order chi connectivity index (χ0) is 22.4. The molecule has 1 aromatic heterocycles. The first-order valence-electron chi connectivity index (χ1n) is 10.8. The number of carbonyl (C=O) groups is 3. The van der Waals surface area contributed by atoms with Gasteiger partial charge in [0.05, 0.1) is 38.3 Å². The maximum Gasteiger partial charge on any atom is 0.335 e. The minimum Gasteiger partial charge on any atom is -0.472 e. The zero-order valence-electron chi connectivity index (χ0n) is 18.4. The summed E-state index contributed by atoms with van der Waals surface area (Å²) in [6.45, 7) is 5.84. The van der Waals surface area contributed by atoms with Crippen molar-refractivity contribution in [2.75, 3.05) is 13.7 Å². The Morgan fingerprint density at radius 2 is 2.00 bits per heavy atom. The van der Waals surface area contributed by atoms with Crippen LogP contribution in [0.4, 0.5) is 0 Å². The number of carbonyl (C=O) groups excluding carboxylic acids is 3. The quantitative estimate of drug-likeness (QED) is 0.382. The van der Waals surface area contributed by atoms with Crippen molar-refractivity contribution in [3.8, 4) is 0 Å². The predicted octanol–water partition coefficient (Wildman–Crippen LogP) is 3.20. The van der Waals surface area contributed by atoms with Gasteiger partial charge >= 0.3 is 17.9 Å². The molecule has 1 saturated carbocycles. The van der Waals surface area contributed by atoms with Gasteiger partial charge in [-0.05, 0) is 43.1 Å². The molecule has 8 heteroatoms. The molecule has 1 aromatic rings. The summed E-state index contributed by atoms with van der Waals surface area (Å²) in [6.07, 6.45) is 4.10. The van der Waals surface area contributed by atoms with E-state index in [4.69, 9.17) is 23.4 Å². The maximum atomic E-state index is 13.2. The Balaban J connectivity index is 1.69. The molecule has 7 atom stereocenters. The van der Waals surface area contributed by atoms with Gasteiger partial charge in [0.1, 0.15) is 6.10 Å².